The minimum Gasteiger partial charge on any atom is -0.435 e. The van der Waals surface area contributed by atoms with Crippen LogP contribution < -0.4 is 4.90 Å². The number of nitrogens with zero attached hydrogens (tertiary/aromatic N) is 2. The average molecular weight is 741 g/mol. The summed E-state index contributed by atoms with van der Waals surface area (Å²) in [7, 11) is 0. The highest BCUT2D eigenvalue weighted by atomic mass is 16.3. The molecule has 0 atom stereocenters. The van der Waals surface area contributed by atoms with Crippen molar-refractivity contribution in [1.29, 1.82) is 0 Å². The van der Waals surface area contributed by atoms with E-state index in [4.69, 9.17) is 9.40 Å². The standard InChI is InChI=1S/C55H36N2O/c1-3-11-37(12-4-1)39-21-28-46(29-22-39)57(47-30-23-40(24-31-47)44-20-19-38-13-7-8-16-43(38)35-44)48-32-25-41(26-33-48)45-27-34-50-52(36-45)49-17-9-10-18-51(49)54-53(50)56-55(58-54)42-14-5-2-6-15-42/h1-36H. The molecule has 0 aliphatic heterocycles. The second kappa shape index (κ2) is 14.1. The average Bonchev–Trinajstić information content (AvgIpc) is 3.77. The van der Waals surface area contributed by atoms with Gasteiger partial charge in [0.15, 0.2) is 5.58 Å². The van der Waals surface area contributed by atoms with E-state index in [2.05, 4.69) is 193 Å². The summed E-state index contributed by atoms with van der Waals surface area (Å²) in [4.78, 5) is 7.37. The van der Waals surface area contributed by atoms with Crippen LogP contribution >= 0.6 is 0 Å². The van der Waals surface area contributed by atoms with Gasteiger partial charge in [0.05, 0.1) is 0 Å². The van der Waals surface area contributed by atoms with Crippen LogP contribution in [0.2, 0.25) is 0 Å². The third-order valence-electron chi connectivity index (χ3n) is 11.3. The van der Waals surface area contributed by atoms with Crippen molar-refractivity contribution in [1.82, 2.24) is 4.98 Å². The number of rotatable bonds is 7. The maximum atomic E-state index is 6.46. The highest BCUT2D eigenvalue weighted by Crippen LogP contribution is 2.41. The second-order valence-electron chi connectivity index (χ2n) is 14.8. The number of aromatic nitrogens is 1. The molecule has 0 unspecified atom stereocenters. The third-order valence-corrected chi connectivity index (χ3v) is 11.3. The fourth-order valence-electron chi connectivity index (χ4n) is 8.31. The van der Waals surface area contributed by atoms with Gasteiger partial charge in [-0.15, -0.1) is 0 Å². The number of benzene rings is 10. The number of fused-ring (bicyclic) bond motifs is 7. The number of hydrogen-bond donors (Lipinski definition) is 0. The largest absolute Gasteiger partial charge is 0.435 e. The molecule has 11 rings (SSSR count). The minimum absolute atomic E-state index is 0.635. The molecule has 3 nitrogen and oxygen atoms in total. The van der Waals surface area contributed by atoms with E-state index in [0.29, 0.717) is 5.89 Å². The molecule has 0 fully saturated rings. The smallest absolute Gasteiger partial charge is 0.227 e. The van der Waals surface area contributed by atoms with Gasteiger partial charge >= 0.3 is 0 Å². The van der Waals surface area contributed by atoms with Crippen LogP contribution in [0.25, 0.3) is 88.3 Å². The SMILES string of the molecule is c1ccc(-c2ccc(N(c3ccc(-c4ccc5ccccc5c4)cc3)c3ccc(-c4ccc5c(c4)c4ccccc4c4oc(-c6ccccc6)nc54)cc3)cc2)cc1. The molecule has 0 bridgehead atoms. The lowest BCUT2D eigenvalue weighted by Gasteiger charge is -2.26. The summed E-state index contributed by atoms with van der Waals surface area (Å²) < 4.78 is 6.46. The molecule has 58 heavy (non-hydrogen) atoms. The Bertz CT molecular complexity index is 3240. The molecule has 0 N–H and O–H groups in total. The quantitative estimate of drug-likeness (QED) is 0.152. The lowest BCUT2D eigenvalue weighted by Crippen LogP contribution is -2.09. The summed E-state index contributed by atoms with van der Waals surface area (Å²) in [6.07, 6.45) is 0. The zero-order chi connectivity index (χ0) is 38.4. The van der Waals surface area contributed by atoms with Crippen molar-refractivity contribution in [2.75, 3.05) is 4.90 Å². The molecule has 0 saturated heterocycles. The van der Waals surface area contributed by atoms with Crippen molar-refractivity contribution in [3.05, 3.63) is 218 Å². The lowest BCUT2D eigenvalue weighted by atomic mass is 9.96. The number of oxazole rings is 1. The van der Waals surface area contributed by atoms with E-state index in [9.17, 15) is 0 Å². The molecule has 1 aromatic heterocycles. The first-order chi connectivity index (χ1) is 28.7. The van der Waals surface area contributed by atoms with Gasteiger partial charge in [0.2, 0.25) is 5.89 Å². The van der Waals surface area contributed by atoms with Crippen molar-refractivity contribution in [2.24, 2.45) is 0 Å². The van der Waals surface area contributed by atoms with E-state index in [0.717, 1.165) is 66.4 Å². The fraction of sp³-hybridized carbons (Fsp3) is 0. The highest BCUT2D eigenvalue weighted by molar-refractivity contribution is 6.23. The summed E-state index contributed by atoms with van der Waals surface area (Å²) in [5.74, 6) is 0.635. The molecule has 0 spiro atoms. The Morgan fingerprint density at radius 2 is 0.776 bits per heavy atom. The van der Waals surface area contributed by atoms with Crippen molar-refractivity contribution in [2.45, 2.75) is 0 Å². The van der Waals surface area contributed by atoms with Gasteiger partial charge in [-0.1, -0.05) is 158 Å². The first-order valence-corrected chi connectivity index (χ1v) is 19.7. The van der Waals surface area contributed by atoms with E-state index in [1.54, 1.807) is 0 Å². The Morgan fingerprint density at radius 3 is 1.41 bits per heavy atom. The molecule has 0 aliphatic rings. The summed E-state index contributed by atoms with van der Waals surface area (Å²) >= 11 is 0. The topological polar surface area (TPSA) is 29.3 Å². The monoisotopic (exact) mass is 740 g/mol. The first-order valence-electron chi connectivity index (χ1n) is 19.7. The van der Waals surface area contributed by atoms with E-state index in [1.807, 2.05) is 30.3 Å². The second-order valence-corrected chi connectivity index (χ2v) is 14.8. The predicted octanol–water partition coefficient (Wildman–Crippen LogP) is 15.4. The highest BCUT2D eigenvalue weighted by Gasteiger charge is 2.18. The van der Waals surface area contributed by atoms with E-state index >= 15 is 0 Å². The van der Waals surface area contributed by atoms with Crippen LogP contribution in [0.15, 0.2) is 223 Å². The third kappa shape index (κ3) is 5.98. The van der Waals surface area contributed by atoms with Gasteiger partial charge in [-0.2, -0.15) is 0 Å². The minimum atomic E-state index is 0.635. The Balaban J connectivity index is 0.977. The van der Waals surface area contributed by atoms with Gasteiger partial charge in [-0.3, -0.25) is 0 Å². The molecular weight excluding hydrogens is 705 g/mol. The molecule has 11 aromatic rings. The van der Waals surface area contributed by atoms with Crippen LogP contribution in [0.3, 0.4) is 0 Å². The van der Waals surface area contributed by atoms with Gasteiger partial charge in [0.1, 0.15) is 5.52 Å². The van der Waals surface area contributed by atoms with Crippen molar-refractivity contribution >= 4 is 60.5 Å². The summed E-state index contributed by atoms with van der Waals surface area (Å²) in [5, 5.41) is 6.94. The van der Waals surface area contributed by atoms with Gasteiger partial charge in [0, 0.05) is 33.4 Å². The van der Waals surface area contributed by atoms with Crippen molar-refractivity contribution in [3.63, 3.8) is 0 Å². The fourth-order valence-corrected chi connectivity index (χ4v) is 8.31. The molecule has 3 heteroatoms. The van der Waals surface area contributed by atoms with E-state index in [-0.39, 0.29) is 0 Å². The Hall–Kier alpha value is -7.75. The molecule has 0 amide bonds. The Kier molecular flexibility index (Phi) is 8.15. The summed E-state index contributed by atoms with van der Waals surface area (Å²) in [6, 6.07) is 77.7. The molecule has 272 valence electrons. The van der Waals surface area contributed by atoms with E-state index in [1.165, 1.54) is 33.0 Å². The maximum Gasteiger partial charge on any atom is 0.227 e. The first kappa shape index (κ1) is 33.6. The maximum absolute atomic E-state index is 6.46. The van der Waals surface area contributed by atoms with Crippen LogP contribution in [0.5, 0.6) is 0 Å². The van der Waals surface area contributed by atoms with Gasteiger partial charge in [0.25, 0.3) is 0 Å². The predicted molar refractivity (Wildman–Crippen MR) is 243 cm³/mol. The molecule has 1 heterocycles. The van der Waals surface area contributed by atoms with Crippen molar-refractivity contribution < 1.29 is 4.42 Å². The molecular formula is C55H36N2O. The molecule has 0 aliphatic carbocycles. The Morgan fingerprint density at radius 1 is 0.310 bits per heavy atom. The number of anilines is 3. The van der Waals surface area contributed by atoms with Gasteiger partial charge in [-0.05, 0) is 116 Å². The number of hydrogen-bond acceptors (Lipinski definition) is 3. The zero-order valence-corrected chi connectivity index (χ0v) is 31.6. The molecule has 10 aromatic carbocycles. The van der Waals surface area contributed by atoms with Crippen LogP contribution in [-0.2, 0) is 0 Å². The van der Waals surface area contributed by atoms with Gasteiger partial charge in [-0.25, -0.2) is 4.98 Å². The van der Waals surface area contributed by atoms with E-state index < -0.39 is 0 Å². The zero-order valence-electron chi connectivity index (χ0n) is 31.6. The van der Waals surface area contributed by atoms with Crippen LogP contribution in [0, 0.1) is 0 Å². The van der Waals surface area contributed by atoms with Gasteiger partial charge < -0.3 is 9.32 Å². The normalized spacial score (nSPS) is 11.4. The van der Waals surface area contributed by atoms with Crippen LogP contribution in [0.4, 0.5) is 17.1 Å². The summed E-state index contributed by atoms with van der Waals surface area (Å²) in [6.45, 7) is 0. The van der Waals surface area contributed by atoms with Crippen LogP contribution in [-0.4, -0.2) is 4.98 Å². The molecule has 0 radical (unpaired) electrons. The van der Waals surface area contributed by atoms with Crippen molar-refractivity contribution in [3.8, 4) is 44.8 Å². The summed E-state index contributed by atoms with van der Waals surface area (Å²) in [5.41, 5.74) is 13.0. The Labute approximate surface area is 336 Å². The molecule has 0 saturated carbocycles. The van der Waals surface area contributed by atoms with Crippen LogP contribution in [0.1, 0.15) is 0 Å². The lowest BCUT2D eigenvalue weighted by molar-refractivity contribution is 0.623.